The number of carbonyl (C=O) groups is 2. The average Bonchev–Trinajstić information content (AvgIpc) is 3.50. The first-order valence-corrected chi connectivity index (χ1v) is 10.8. The number of imide groups is 1. The number of cyclic esters (lactones) is 1. The number of hydrogen-bond acceptors (Lipinski definition) is 5. The van der Waals surface area contributed by atoms with E-state index in [9.17, 15) is 14.7 Å². The van der Waals surface area contributed by atoms with Crippen LogP contribution in [-0.2, 0) is 11.2 Å². The highest BCUT2D eigenvalue weighted by Crippen LogP contribution is 2.52. The van der Waals surface area contributed by atoms with E-state index in [-0.39, 0.29) is 29.9 Å². The number of aromatic hydroxyl groups is 1. The molecule has 3 aromatic rings. The molecule has 0 unspecified atom stereocenters. The normalized spacial score (nSPS) is 23.2. The molecule has 1 N–H and O–H groups in total. The zero-order valence-corrected chi connectivity index (χ0v) is 17.2. The monoisotopic (exact) mass is 427 g/mol. The molecule has 6 heteroatoms. The molecule has 32 heavy (non-hydrogen) atoms. The van der Waals surface area contributed by atoms with E-state index in [1.165, 1.54) is 0 Å². The number of phenolic OH excluding ortho intramolecular Hbond substituents is 1. The van der Waals surface area contributed by atoms with Crippen molar-refractivity contribution in [2.75, 3.05) is 6.61 Å². The van der Waals surface area contributed by atoms with Gasteiger partial charge in [0.05, 0.1) is 11.6 Å². The number of phenols is 1. The summed E-state index contributed by atoms with van der Waals surface area (Å²) in [6, 6.07) is 16.6. The number of nitrogens with zero attached hydrogens (tertiary/aromatic N) is 1. The zero-order valence-electron chi connectivity index (χ0n) is 17.2. The maximum absolute atomic E-state index is 13.9. The van der Waals surface area contributed by atoms with Gasteiger partial charge < -0.3 is 14.6 Å². The Morgan fingerprint density at radius 2 is 1.81 bits per heavy atom. The molecule has 6 rings (SSSR count). The van der Waals surface area contributed by atoms with Gasteiger partial charge in [-0.05, 0) is 24.5 Å². The lowest BCUT2D eigenvalue weighted by molar-refractivity contribution is 0.0770. The second-order valence-electron chi connectivity index (χ2n) is 8.46. The minimum absolute atomic E-state index is 0.0642. The highest BCUT2D eigenvalue weighted by molar-refractivity contribution is 6.12. The van der Waals surface area contributed by atoms with Crippen LogP contribution in [0.3, 0.4) is 0 Å². The molecule has 0 bridgehead atoms. The van der Waals surface area contributed by atoms with Gasteiger partial charge >= 0.3 is 6.09 Å². The first-order chi connectivity index (χ1) is 15.6. The molecule has 0 aromatic heterocycles. The number of ether oxygens (including phenoxy) is 2. The third-order valence-corrected chi connectivity index (χ3v) is 6.62. The van der Waals surface area contributed by atoms with Crippen LogP contribution >= 0.6 is 0 Å². The molecule has 1 fully saturated rings. The second-order valence-corrected chi connectivity index (χ2v) is 8.46. The van der Waals surface area contributed by atoms with Crippen LogP contribution in [0.4, 0.5) is 4.79 Å². The van der Waals surface area contributed by atoms with Crippen LogP contribution < -0.4 is 4.74 Å². The summed E-state index contributed by atoms with van der Waals surface area (Å²) in [5.41, 5.74) is 1.83. The van der Waals surface area contributed by atoms with E-state index in [1.54, 1.807) is 12.1 Å². The first kappa shape index (κ1) is 18.9. The number of fused-ring (bicyclic) bond motifs is 5. The van der Waals surface area contributed by atoms with Crippen LogP contribution in [0, 0.1) is 0 Å². The predicted octanol–water partition coefficient (Wildman–Crippen LogP) is 4.55. The quantitative estimate of drug-likeness (QED) is 0.621. The predicted molar refractivity (Wildman–Crippen MR) is 118 cm³/mol. The number of carbonyl (C=O) groups excluding carboxylic acids is 2. The number of hydrogen-bond donors (Lipinski definition) is 1. The Balaban J connectivity index is 1.48. The molecule has 3 atom stereocenters. The maximum atomic E-state index is 13.9. The Morgan fingerprint density at radius 1 is 1.06 bits per heavy atom. The third kappa shape index (κ3) is 2.72. The highest BCUT2D eigenvalue weighted by atomic mass is 16.6. The van der Waals surface area contributed by atoms with Gasteiger partial charge in [-0.1, -0.05) is 60.7 Å². The smallest absolute Gasteiger partial charge is 0.417 e. The molecule has 1 aliphatic carbocycles. The van der Waals surface area contributed by atoms with Crippen molar-refractivity contribution in [1.29, 1.82) is 0 Å². The van der Waals surface area contributed by atoms with Gasteiger partial charge in [0.25, 0.3) is 5.91 Å². The van der Waals surface area contributed by atoms with E-state index in [4.69, 9.17) is 9.47 Å². The SMILES string of the molecule is O=C1OC[C@@H](Cc2ccccc2)N1C(=O)c1c2c(c3ccccc3c1O)O[C@H]1C=CC[C@@H]21. The summed E-state index contributed by atoms with van der Waals surface area (Å²) >= 11 is 0. The van der Waals surface area contributed by atoms with Crippen molar-refractivity contribution in [3.8, 4) is 11.5 Å². The van der Waals surface area contributed by atoms with Crippen molar-refractivity contribution < 1.29 is 24.2 Å². The number of allylic oxidation sites excluding steroid dienone is 1. The van der Waals surface area contributed by atoms with Gasteiger partial charge in [0.1, 0.15) is 24.2 Å². The van der Waals surface area contributed by atoms with E-state index < -0.39 is 18.0 Å². The average molecular weight is 427 g/mol. The molecule has 160 valence electrons. The summed E-state index contributed by atoms with van der Waals surface area (Å²) in [4.78, 5) is 27.7. The Kier molecular flexibility index (Phi) is 4.21. The molecule has 2 heterocycles. The molecule has 0 radical (unpaired) electrons. The van der Waals surface area contributed by atoms with Gasteiger partial charge in [-0.2, -0.15) is 0 Å². The van der Waals surface area contributed by atoms with Gasteiger partial charge in [-0.3, -0.25) is 4.79 Å². The molecule has 0 saturated carbocycles. The molecular weight excluding hydrogens is 406 g/mol. The lowest BCUT2D eigenvalue weighted by atomic mass is 9.88. The van der Waals surface area contributed by atoms with Crippen LogP contribution in [0.25, 0.3) is 10.8 Å². The standard InChI is InChI=1S/C26H21NO5/c28-23-17-9-4-5-10-18(17)24-21(19-11-6-12-20(19)32-24)22(23)25(29)27-16(14-31-26(27)30)13-15-7-2-1-3-8-15/h1-10,12,16,19-20,28H,11,13-14H2/t16-,19-,20+/m1/s1. The lowest BCUT2D eigenvalue weighted by Crippen LogP contribution is -2.40. The Morgan fingerprint density at radius 3 is 2.62 bits per heavy atom. The summed E-state index contributed by atoms with van der Waals surface area (Å²) in [6.45, 7) is 0.125. The Bertz CT molecular complexity index is 1280. The largest absolute Gasteiger partial charge is 0.506 e. The first-order valence-electron chi connectivity index (χ1n) is 10.8. The van der Waals surface area contributed by atoms with Crippen LogP contribution in [-0.4, -0.2) is 40.8 Å². The van der Waals surface area contributed by atoms with Crippen molar-refractivity contribution in [3.63, 3.8) is 0 Å². The summed E-state index contributed by atoms with van der Waals surface area (Å²) in [7, 11) is 0. The van der Waals surface area contributed by atoms with Crippen LogP contribution in [0.5, 0.6) is 11.5 Å². The molecule has 2 amide bonds. The van der Waals surface area contributed by atoms with E-state index >= 15 is 0 Å². The van der Waals surface area contributed by atoms with E-state index in [1.807, 2.05) is 54.6 Å². The molecular formula is C26H21NO5. The van der Waals surface area contributed by atoms with Crippen molar-refractivity contribution in [2.45, 2.75) is 30.9 Å². The minimum atomic E-state index is -0.683. The molecule has 3 aliphatic rings. The summed E-state index contributed by atoms with van der Waals surface area (Å²) in [6.07, 6.45) is 4.37. The summed E-state index contributed by atoms with van der Waals surface area (Å²) < 4.78 is 11.5. The number of rotatable bonds is 3. The third-order valence-electron chi connectivity index (χ3n) is 6.62. The Hall–Kier alpha value is -3.80. The summed E-state index contributed by atoms with van der Waals surface area (Å²) in [5.74, 6) is -0.0957. The fourth-order valence-corrected chi connectivity index (χ4v) is 5.14. The second kappa shape index (κ2) is 7.12. The van der Waals surface area contributed by atoms with Crippen molar-refractivity contribution in [3.05, 3.63) is 83.4 Å². The molecule has 0 spiro atoms. The van der Waals surface area contributed by atoms with Crippen LogP contribution in [0.1, 0.15) is 33.8 Å². The highest BCUT2D eigenvalue weighted by Gasteiger charge is 2.45. The van der Waals surface area contributed by atoms with Crippen LogP contribution in [0.15, 0.2) is 66.7 Å². The molecule has 1 saturated heterocycles. The molecule has 3 aromatic carbocycles. The number of amides is 2. The molecule has 2 aliphatic heterocycles. The summed E-state index contributed by atoms with van der Waals surface area (Å²) in [5, 5.41) is 12.6. The van der Waals surface area contributed by atoms with Gasteiger partial charge in [0.15, 0.2) is 0 Å². The Labute approximate surface area is 184 Å². The van der Waals surface area contributed by atoms with E-state index in [2.05, 4.69) is 0 Å². The molecule has 6 nitrogen and oxygen atoms in total. The van der Waals surface area contributed by atoms with Gasteiger partial charge in [-0.25, -0.2) is 9.69 Å². The fraction of sp³-hybridized carbons (Fsp3) is 0.231. The zero-order chi connectivity index (χ0) is 21.8. The van der Waals surface area contributed by atoms with Crippen molar-refractivity contribution in [1.82, 2.24) is 4.90 Å². The fourth-order valence-electron chi connectivity index (χ4n) is 5.14. The topological polar surface area (TPSA) is 76.1 Å². The van der Waals surface area contributed by atoms with Crippen molar-refractivity contribution >= 4 is 22.8 Å². The van der Waals surface area contributed by atoms with Gasteiger partial charge in [-0.15, -0.1) is 0 Å². The van der Waals surface area contributed by atoms with Gasteiger partial charge in [0, 0.05) is 22.3 Å². The number of benzene rings is 3. The lowest BCUT2D eigenvalue weighted by Gasteiger charge is -2.23. The van der Waals surface area contributed by atoms with Crippen LogP contribution in [0.2, 0.25) is 0 Å². The van der Waals surface area contributed by atoms with Gasteiger partial charge in [0.2, 0.25) is 0 Å². The maximum Gasteiger partial charge on any atom is 0.417 e. The van der Waals surface area contributed by atoms with Crippen molar-refractivity contribution in [2.24, 2.45) is 0 Å². The van der Waals surface area contributed by atoms with E-state index in [0.717, 1.165) is 15.8 Å². The minimum Gasteiger partial charge on any atom is -0.506 e. The van der Waals surface area contributed by atoms with E-state index in [0.29, 0.717) is 29.5 Å².